The monoisotopic (exact) mass is 221 g/mol. The number of aromatic nitrogens is 1. The molecule has 16 heavy (non-hydrogen) atoms. The van der Waals surface area contributed by atoms with Crippen LogP contribution in [0.4, 0.5) is 0 Å². The van der Waals surface area contributed by atoms with Crippen molar-refractivity contribution in [3.05, 3.63) is 29.6 Å². The van der Waals surface area contributed by atoms with Crippen molar-refractivity contribution in [3.63, 3.8) is 0 Å². The number of rotatable bonds is 6. The summed E-state index contributed by atoms with van der Waals surface area (Å²) in [6, 6.07) is 3.86. The summed E-state index contributed by atoms with van der Waals surface area (Å²) >= 11 is 0. The van der Waals surface area contributed by atoms with E-state index in [2.05, 4.69) is 15.6 Å². The fraction of sp³-hybridized carbons (Fsp3) is 0.500. The van der Waals surface area contributed by atoms with Gasteiger partial charge in [0.2, 0.25) is 5.91 Å². The molecule has 0 aromatic carbocycles. The summed E-state index contributed by atoms with van der Waals surface area (Å²) in [5.41, 5.74) is 1.93. The summed E-state index contributed by atoms with van der Waals surface area (Å²) in [6.07, 6.45) is 3.11. The Morgan fingerprint density at radius 2 is 2.19 bits per heavy atom. The van der Waals surface area contributed by atoms with E-state index in [0.717, 1.165) is 30.8 Å². The van der Waals surface area contributed by atoms with Crippen molar-refractivity contribution in [1.82, 2.24) is 15.6 Å². The molecule has 0 saturated carbocycles. The number of amides is 1. The van der Waals surface area contributed by atoms with E-state index < -0.39 is 0 Å². The van der Waals surface area contributed by atoms with Crippen molar-refractivity contribution >= 4 is 5.91 Å². The van der Waals surface area contributed by atoms with Crippen LogP contribution in [0.5, 0.6) is 0 Å². The zero-order valence-electron chi connectivity index (χ0n) is 9.92. The Kier molecular flexibility index (Phi) is 5.50. The van der Waals surface area contributed by atoms with Gasteiger partial charge in [-0.15, -0.1) is 0 Å². The summed E-state index contributed by atoms with van der Waals surface area (Å²) in [5, 5.41) is 5.91. The van der Waals surface area contributed by atoms with Gasteiger partial charge in [0.1, 0.15) is 0 Å². The van der Waals surface area contributed by atoms with E-state index in [4.69, 9.17) is 0 Å². The molecule has 1 aromatic rings. The minimum absolute atomic E-state index is 0.0572. The van der Waals surface area contributed by atoms with Gasteiger partial charge in [-0.1, -0.05) is 6.07 Å². The van der Waals surface area contributed by atoms with Crippen LogP contribution in [0.15, 0.2) is 18.3 Å². The molecule has 0 atom stereocenters. The second kappa shape index (κ2) is 6.95. The molecule has 4 heteroatoms. The second-order valence-electron chi connectivity index (χ2n) is 3.79. The minimum atomic E-state index is 0.0572. The summed E-state index contributed by atoms with van der Waals surface area (Å²) in [4.78, 5) is 15.7. The van der Waals surface area contributed by atoms with Crippen LogP contribution in [0.25, 0.3) is 0 Å². The maximum atomic E-state index is 11.5. The largest absolute Gasteiger partial charge is 0.356 e. The van der Waals surface area contributed by atoms with Crippen LogP contribution >= 0.6 is 0 Å². The van der Waals surface area contributed by atoms with Crippen LogP contribution in [0.3, 0.4) is 0 Å². The molecule has 0 aliphatic heterocycles. The highest BCUT2D eigenvalue weighted by Crippen LogP contribution is 1.99. The first kappa shape index (κ1) is 12.6. The summed E-state index contributed by atoms with van der Waals surface area (Å²) in [5.74, 6) is 0.0572. The molecule has 2 N–H and O–H groups in total. The number of nitrogens with zero attached hydrogens (tertiary/aromatic N) is 1. The van der Waals surface area contributed by atoms with E-state index in [-0.39, 0.29) is 5.91 Å². The average molecular weight is 221 g/mol. The summed E-state index contributed by atoms with van der Waals surface area (Å²) in [7, 11) is 1.90. The topological polar surface area (TPSA) is 54.0 Å². The SMILES string of the molecule is CNCCCNC(=O)Cc1ccc(C)nc1. The molecule has 0 unspecified atom stereocenters. The van der Waals surface area contributed by atoms with Gasteiger partial charge in [0, 0.05) is 18.4 Å². The lowest BCUT2D eigenvalue weighted by Crippen LogP contribution is -2.27. The maximum Gasteiger partial charge on any atom is 0.224 e. The third-order valence-electron chi connectivity index (χ3n) is 2.26. The fourth-order valence-corrected chi connectivity index (χ4v) is 1.34. The lowest BCUT2D eigenvalue weighted by Gasteiger charge is -2.05. The minimum Gasteiger partial charge on any atom is -0.356 e. The standard InChI is InChI=1S/C12H19N3O/c1-10-4-5-11(9-15-10)8-12(16)14-7-3-6-13-2/h4-5,9,13H,3,6-8H2,1-2H3,(H,14,16). The van der Waals surface area contributed by atoms with Gasteiger partial charge in [-0.25, -0.2) is 0 Å². The van der Waals surface area contributed by atoms with Crippen LogP contribution in [0, 0.1) is 6.92 Å². The first-order valence-corrected chi connectivity index (χ1v) is 5.55. The number of nitrogens with one attached hydrogen (secondary N) is 2. The smallest absolute Gasteiger partial charge is 0.224 e. The summed E-state index contributed by atoms with van der Waals surface area (Å²) < 4.78 is 0. The third-order valence-corrected chi connectivity index (χ3v) is 2.26. The molecule has 1 aromatic heterocycles. The molecule has 0 aliphatic carbocycles. The number of carbonyl (C=O) groups is 1. The highest BCUT2D eigenvalue weighted by atomic mass is 16.1. The Bertz CT molecular complexity index is 322. The Balaban J connectivity index is 2.26. The Hall–Kier alpha value is -1.42. The van der Waals surface area contributed by atoms with Gasteiger partial charge < -0.3 is 10.6 Å². The molecule has 0 bridgehead atoms. The van der Waals surface area contributed by atoms with Crippen LogP contribution in [-0.2, 0) is 11.2 Å². The molecule has 4 nitrogen and oxygen atoms in total. The molecule has 0 spiro atoms. The molecule has 1 heterocycles. The van der Waals surface area contributed by atoms with Gasteiger partial charge >= 0.3 is 0 Å². The van der Waals surface area contributed by atoms with E-state index in [1.165, 1.54) is 0 Å². The maximum absolute atomic E-state index is 11.5. The van der Waals surface area contributed by atoms with Gasteiger partial charge in [-0.2, -0.15) is 0 Å². The van der Waals surface area contributed by atoms with Crippen molar-refractivity contribution in [2.45, 2.75) is 19.8 Å². The lowest BCUT2D eigenvalue weighted by atomic mass is 10.2. The normalized spacial score (nSPS) is 10.1. The van der Waals surface area contributed by atoms with Crippen molar-refractivity contribution in [3.8, 4) is 0 Å². The van der Waals surface area contributed by atoms with Gasteiger partial charge in [0.15, 0.2) is 0 Å². The lowest BCUT2D eigenvalue weighted by molar-refractivity contribution is -0.120. The Morgan fingerprint density at radius 1 is 1.38 bits per heavy atom. The second-order valence-corrected chi connectivity index (χ2v) is 3.79. The first-order chi connectivity index (χ1) is 7.72. The quantitative estimate of drug-likeness (QED) is 0.694. The van der Waals surface area contributed by atoms with E-state index in [1.54, 1.807) is 6.20 Å². The molecular formula is C12H19N3O. The van der Waals surface area contributed by atoms with E-state index in [0.29, 0.717) is 6.42 Å². The molecule has 88 valence electrons. The van der Waals surface area contributed by atoms with Crippen LogP contribution < -0.4 is 10.6 Å². The molecular weight excluding hydrogens is 202 g/mol. The number of hydrogen-bond donors (Lipinski definition) is 2. The van der Waals surface area contributed by atoms with Crippen molar-refractivity contribution in [2.75, 3.05) is 20.1 Å². The molecule has 0 radical (unpaired) electrons. The van der Waals surface area contributed by atoms with Crippen LogP contribution in [-0.4, -0.2) is 31.0 Å². The predicted molar refractivity (Wildman–Crippen MR) is 64.2 cm³/mol. The number of carbonyl (C=O) groups excluding carboxylic acids is 1. The number of pyridine rings is 1. The number of aryl methyl sites for hydroxylation is 1. The van der Waals surface area contributed by atoms with E-state index >= 15 is 0 Å². The molecule has 1 rings (SSSR count). The van der Waals surface area contributed by atoms with Gasteiger partial charge in [0.25, 0.3) is 0 Å². The van der Waals surface area contributed by atoms with Gasteiger partial charge in [-0.3, -0.25) is 9.78 Å². The third kappa shape index (κ3) is 4.89. The van der Waals surface area contributed by atoms with Crippen molar-refractivity contribution in [2.24, 2.45) is 0 Å². The zero-order chi connectivity index (χ0) is 11.8. The first-order valence-electron chi connectivity index (χ1n) is 5.55. The highest BCUT2D eigenvalue weighted by molar-refractivity contribution is 5.78. The molecule has 1 amide bonds. The van der Waals surface area contributed by atoms with E-state index in [9.17, 15) is 4.79 Å². The molecule has 0 aliphatic rings. The molecule has 0 saturated heterocycles. The van der Waals surface area contributed by atoms with Crippen LogP contribution in [0.2, 0.25) is 0 Å². The Labute approximate surface area is 96.5 Å². The Morgan fingerprint density at radius 3 is 2.81 bits per heavy atom. The van der Waals surface area contributed by atoms with Crippen LogP contribution in [0.1, 0.15) is 17.7 Å². The zero-order valence-corrected chi connectivity index (χ0v) is 9.92. The van der Waals surface area contributed by atoms with Gasteiger partial charge in [-0.05, 0) is 38.6 Å². The molecule has 0 fully saturated rings. The van der Waals surface area contributed by atoms with Crippen molar-refractivity contribution in [1.29, 1.82) is 0 Å². The van der Waals surface area contributed by atoms with Crippen molar-refractivity contribution < 1.29 is 4.79 Å². The average Bonchev–Trinajstić information content (AvgIpc) is 2.28. The van der Waals surface area contributed by atoms with Gasteiger partial charge in [0.05, 0.1) is 6.42 Å². The highest BCUT2D eigenvalue weighted by Gasteiger charge is 2.02. The fourth-order valence-electron chi connectivity index (χ4n) is 1.34. The predicted octanol–water partition coefficient (Wildman–Crippen LogP) is 0.658. The number of hydrogen-bond acceptors (Lipinski definition) is 3. The summed E-state index contributed by atoms with van der Waals surface area (Å²) in [6.45, 7) is 3.58. The van der Waals surface area contributed by atoms with E-state index in [1.807, 2.05) is 26.1 Å².